The third-order valence-corrected chi connectivity index (χ3v) is 9.99. The molecule has 0 saturated heterocycles. The summed E-state index contributed by atoms with van der Waals surface area (Å²) in [5.74, 6) is -5.26. The Kier molecular flexibility index (Phi) is 18.3. The molecule has 11 N–H and O–H groups in total. The summed E-state index contributed by atoms with van der Waals surface area (Å²) in [6.45, 7) is 0. The molecule has 4 heterocycles. The van der Waals surface area contributed by atoms with Crippen molar-refractivity contribution in [3.05, 3.63) is 139 Å². The average molecular weight is 1020 g/mol. The van der Waals surface area contributed by atoms with E-state index in [4.69, 9.17) is 20.7 Å². The number of nitrogens with zero attached hydrogens (tertiary/aromatic N) is 2. The molecule has 0 saturated carbocycles. The monoisotopic (exact) mass is 1020 g/mol. The second-order valence-electron chi connectivity index (χ2n) is 12.0. The van der Waals surface area contributed by atoms with Crippen LogP contribution in [0, 0.1) is 45.9 Å². The van der Waals surface area contributed by atoms with E-state index in [1.807, 2.05) is 0 Å². The van der Waals surface area contributed by atoms with Gasteiger partial charge in [-0.3, -0.25) is 0 Å². The number of benzene rings is 4. The van der Waals surface area contributed by atoms with Crippen LogP contribution >= 0.6 is 41.8 Å². The molecule has 0 radical (unpaired) electrons. The number of nitriles is 2. The minimum absolute atomic E-state index is 0. The first-order valence-corrected chi connectivity index (χ1v) is 18.1. The molecule has 4 aromatic heterocycles. The number of aromatic nitrogens is 4. The van der Waals surface area contributed by atoms with Crippen molar-refractivity contribution in [1.82, 2.24) is 26.1 Å². The first-order chi connectivity index (χ1) is 28.5. The molecule has 0 fully saturated rings. The highest BCUT2D eigenvalue weighted by molar-refractivity contribution is 9.11. The number of nitrogens with one attached hydrogen (secondary N) is 4. The molecule has 0 spiro atoms. The highest BCUT2D eigenvalue weighted by atomic mass is 79.9. The molecular weight excluding hydrogens is 989 g/mol. The predicted molar refractivity (Wildman–Crippen MR) is 234 cm³/mol. The topological polar surface area (TPSA) is 304 Å². The van der Waals surface area contributed by atoms with Crippen LogP contribution in [0.25, 0.3) is 43.6 Å². The number of fused-ring (bicyclic) bond motifs is 4. The summed E-state index contributed by atoms with van der Waals surface area (Å²) < 4.78 is 62.3. The van der Waals surface area contributed by atoms with Crippen molar-refractivity contribution in [3.8, 4) is 12.1 Å². The Balaban J connectivity index is 0.000000285. The zero-order valence-corrected chi connectivity index (χ0v) is 36.9. The van der Waals surface area contributed by atoms with Gasteiger partial charge in [-0.2, -0.15) is 20.4 Å². The Hall–Kier alpha value is -7.07. The van der Waals surface area contributed by atoms with Gasteiger partial charge in [0, 0.05) is 43.6 Å². The van der Waals surface area contributed by atoms with Gasteiger partial charge in [0.2, 0.25) is 0 Å². The molecule has 0 aliphatic heterocycles. The maximum absolute atomic E-state index is 13.3. The number of aromatic carboxylic acids is 2. The molecule has 0 amide bonds. The standard InChI is InChI=1S/C11H7FN2O2.C10H7BrFNO2.C10H5FN2O2.C9H5BrFNO2.H3N.H2O.H3P/c1-16-11(15)10-4-6-7(5-13)8(12)2-3-9(6)14-10;1-15-10(14)8-4-5-7(13-8)3-2-6(12)9(5)11;11-7-1-2-8-5(6(7)4-12)3-9(13-8)10(14)15;10-8-4-3-7(9(13)14)12-6(4)2-1-5(8)11;;;/h2-4,14H,1H3;2-4,13H,1H3;1-3,13H,(H,14,15);1-3,12H,(H,13,14);1H3;1H2;1H3. The van der Waals surface area contributed by atoms with Gasteiger partial charge in [0.25, 0.3) is 0 Å². The molecule has 0 bridgehead atoms. The van der Waals surface area contributed by atoms with Gasteiger partial charge in [0.1, 0.15) is 58.2 Å². The molecule has 328 valence electrons. The Morgan fingerprint density at radius 3 is 1.13 bits per heavy atom. The number of H-pyrrole nitrogens is 4. The van der Waals surface area contributed by atoms with E-state index in [1.54, 1.807) is 24.3 Å². The normalized spacial score (nSPS) is 9.87. The Labute approximate surface area is 371 Å². The molecule has 8 rings (SSSR count). The van der Waals surface area contributed by atoms with Crippen molar-refractivity contribution in [1.29, 1.82) is 10.5 Å². The number of ether oxygens (including phenoxy) is 2. The summed E-state index contributed by atoms with van der Waals surface area (Å²) in [6.07, 6.45) is 0. The van der Waals surface area contributed by atoms with Gasteiger partial charge in [0.15, 0.2) is 0 Å². The lowest BCUT2D eigenvalue weighted by molar-refractivity contribution is 0.0586. The molecular formula is C40H32Br2F4N7O9P. The average Bonchev–Trinajstić information content (AvgIpc) is 4.06. The largest absolute Gasteiger partial charge is 0.477 e. The minimum Gasteiger partial charge on any atom is -0.477 e. The second-order valence-corrected chi connectivity index (χ2v) is 13.5. The van der Waals surface area contributed by atoms with E-state index in [1.165, 1.54) is 68.8 Å². The van der Waals surface area contributed by atoms with Gasteiger partial charge in [-0.25, -0.2) is 36.7 Å². The first kappa shape index (κ1) is 52.1. The zero-order chi connectivity index (χ0) is 44.0. The van der Waals surface area contributed by atoms with Crippen LogP contribution in [-0.4, -0.2) is 73.7 Å². The highest BCUT2D eigenvalue weighted by Gasteiger charge is 2.16. The Bertz CT molecular complexity index is 3100. The highest BCUT2D eigenvalue weighted by Crippen LogP contribution is 2.29. The molecule has 8 aromatic rings. The van der Waals surface area contributed by atoms with E-state index in [0.717, 1.165) is 6.07 Å². The number of carboxylic acid groups (broad SMARTS) is 2. The first-order valence-electron chi connectivity index (χ1n) is 16.5. The number of hydrogen-bond acceptors (Lipinski definition) is 9. The number of carboxylic acids is 2. The number of rotatable bonds is 4. The maximum Gasteiger partial charge on any atom is 0.354 e. The summed E-state index contributed by atoms with van der Waals surface area (Å²) in [7, 11) is 2.54. The van der Waals surface area contributed by atoms with Gasteiger partial charge in [-0.05, 0) is 105 Å². The summed E-state index contributed by atoms with van der Waals surface area (Å²) in [5.41, 5.74) is 2.50. The van der Waals surface area contributed by atoms with Crippen LogP contribution in [0.3, 0.4) is 0 Å². The Morgan fingerprint density at radius 2 is 0.810 bits per heavy atom. The van der Waals surface area contributed by atoms with Crippen LogP contribution < -0.4 is 6.15 Å². The number of carbonyl (C=O) groups excluding carboxylic acids is 2. The van der Waals surface area contributed by atoms with Crippen molar-refractivity contribution < 1.29 is 61.9 Å². The van der Waals surface area contributed by atoms with Crippen molar-refractivity contribution >= 4 is 109 Å². The van der Waals surface area contributed by atoms with Crippen LogP contribution in [-0.2, 0) is 9.47 Å². The Morgan fingerprint density at radius 1 is 0.540 bits per heavy atom. The summed E-state index contributed by atoms with van der Waals surface area (Å²) in [5, 5.41) is 36.7. The lowest BCUT2D eigenvalue weighted by Gasteiger charge is -1.94. The van der Waals surface area contributed by atoms with Gasteiger partial charge in [-0.15, -0.1) is 0 Å². The zero-order valence-electron chi connectivity index (χ0n) is 32.3. The quantitative estimate of drug-likeness (QED) is 0.0496. The lowest BCUT2D eigenvalue weighted by atomic mass is 10.1. The van der Waals surface area contributed by atoms with Crippen LogP contribution in [0.1, 0.15) is 53.1 Å². The fourth-order valence-corrected chi connectivity index (χ4v) is 6.46. The number of esters is 2. The number of halogens is 6. The molecule has 4 aromatic carbocycles. The smallest absolute Gasteiger partial charge is 0.354 e. The fourth-order valence-electron chi connectivity index (χ4n) is 5.54. The molecule has 0 aliphatic carbocycles. The van der Waals surface area contributed by atoms with Crippen LogP contribution in [0.4, 0.5) is 17.6 Å². The summed E-state index contributed by atoms with van der Waals surface area (Å²) >= 11 is 6.17. The molecule has 1 atom stereocenters. The molecule has 16 nitrogen and oxygen atoms in total. The maximum atomic E-state index is 13.3. The van der Waals surface area contributed by atoms with Crippen LogP contribution in [0.5, 0.6) is 0 Å². The molecule has 23 heteroatoms. The predicted octanol–water partition coefficient (Wildman–Crippen LogP) is 8.86. The van der Waals surface area contributed by atoms with E-state index in [-0.39, 0.29) is 65.4 Å². The number of hydrogen-bond donors (Lipinski definition) is 7. The molecule has 1 unspecified atom stereocenters. The molecule has 0 aliphatic rings. The van der Waals surface area contributed by atoms with Gasteiger partial charge < -0.3 is 51.2 Å². The number of methoxy groups -OCH3 is 2. The van der Waals surface area contributed by atoms with Gasteiger partial charge >= 0.3 is 23.9 Å². The van der Waals surface area contributed by atoms with Crippen molar-refractivity contribution in [2.24, 2.45) is 0 Å². The van der Waals surface area contributed by atoms with Crippen molar-refractivity contribution in [2.45, 2.75) is 0 Å². The third kappa shape index (κ3) is 11.3. The van der Waals surface area contributed by atoms with E-state index in [2.05, 4.69) is 61.3 Å². The van der Waals surface area contributed by atoms with Crippen LogP contribution in [0.2, 0.25) is 0 Å². The molecule has 63 heavy (non-hydrogen) atoms. The van der Waals surface area contributed by atoms with E-state index < -0.39 is 41.3 Å². The number of carbonyl (C=O) groups is 4. The van der Waals surface area contributed by atoms with Crippen molar-refractivity contribution in [2.75, 3.05) is 14.2 Å². The minimum atomic E-state index is -1.14. The van der Waals surface area contributed by atoms with Gasteiger partial charge in [0.05, 0.1) is 34.3 Å². The SMILES string of the molecule is COC(=O)c1cc2c(Br)c(F)ccc2[nH]1.COC(=O)c1cc2c(C#N)c(F)ccc2[nH]1.N.N#Cc1c(F)ccc2[nH]c(C(=O)O)cc12.O.O=C(O)c1cc2c(Br)c(F)ccc2[nH]1.P. The fraction of sp³-hybridized carbons (Fsp3) is 0.0500. The van der Waals surface area contributed by atoms with Crippen molar-refractivity contribution in [3.63, 3.8) is 0 Å². The van der Waals surface area contributed by atoms with E-state index in [9.17, 15) is 36.7 Å². The third-order valence-electron chi connectivity index (χ3n) is 8.38. The van der Waals surface area contributed by atoms with Crippen LogP contribution in [0.15, 0.2) is 81.7 Å². The lowest BCUT2D eigenvalue weighted by Crippen LogP contribution is -2.00. The van der Waals surface area contributed by atoms with E-state index in [0.29, 0.717) is 48.4 Å². The summed E-state index contributed by atoms with van der Waals surface area (Å²) in [4.78, 5) is 54.6. The summed E-state index contributed by atoms with van der Waals surface area (Å²) in [6, 6.07) is 19.9. The second kappa shape index (κ2) is 22.1. The number of aromatic amines is 4. The van der Waals surface area contributed by atoms with Gasteiger partial charge in [-0.1, -0.05) is 0 Å². The van der Waals surface area contributed by atoms with E-state index >= 15 is 0 Å².